The van der Waals surface area contributed by atoms with Crippen LogP contribution in [0.1, 0.15) is 42.6 Å². The Morgan fingerprint density at radius 2 is 2.23 bits per heavy atom. The molecule has 0 aliphatic carbocycles. The van der Waals surface area contributed by atoms with Gasteiger partial charge in [-0.3, -0.25) is 0 Å². The largest absolute Gasteiger partial charge is 0.330 e. The summed E-state index contributed by atoms with van der Waals surface area (Å²) in [6.07, 6.45) is 3.12. The molecule has 3 nitrogen and oxygen atoms in total. The second-order valence-electron chi connectivity index (χ2n) is 3.24. The highest BCUT2D eigenvalue weighted by molar-refractivity contribution is 7.11. The van der Waals surface area contributed by atoms with E-state index in [2.05, 4.69) is 24.0 Å². The van der Waals surface area contributed by atoms with Crippen molar-refractivity contribution in [3.05, 3.63) is 10.0 Å². The molecule has 0 radical (unpaired) electrons. The zero-order valence-corrected chi connectivity index (χ0v) is 9.10. The first-order valence-corrected chi connectivity index (χ1v) is 5.62. The molecule has 0 amide bonds. The van der Waals surface area contributed by atoms with E-state index < -0.39 is 0 Å². The van der Waals surface area contributed by atoms with E-state index in [1.165, 1.54) is 0 Å². The number of hydrogen-bond acceptors (Lipinski definition) is 4. The van der Waals surface area contributed by atoms with Gasteiger partial charge >= 0.3 is 0 Å². The molecule has 0 aliphatic heterocycles. The van der Waals surface area contributed by atoms with Gasteiger partial charge in [0, 0.05) is 12.3 Å². The van der Waals surface area contributed by atoms with E-state index in [4.69, 9.17) is 5.73 Å². The zero-order chi connectivity index (χ0) is 9.68. The lowest BCUT2D eigenvalue weighted by atomic mass is 10.1. The topological polar surface area (TPSA) is 51.8 Å². The van der Waals surface area contributed by atoms with Gasteiger partial charge in [-0.05, 0) is 19.4 Å². The summed E-state index contributed by atoms with van der Waals surface area (Å²) in [7, 11) is 0. The van der Waals surface area contributed by atoms with Crippen LogP contribution in [0.15, 0.2) is 0 Å². The van der Waals surface area contributed by atoms with Gasteiger partial charge in [0.2, 0.25) is 0 Å². The van der Waals surface area contributed by atoms with E-state index in [0.717, 1.165) is 35.8 Å². The van der Waals surface area contributed by atoms with Gasteiger partial charge in [0.1, 0.15) is 10.0 Å². The highest BCUT2D eigenvalue weighted by atomic mass is 32.1. The van der Waals surface area contributed by atoms with Crippen molar-refractivity contribution in [1.29, 1.82) is 0 Å². The zero-order valence-electron chi connectivity index (χ0n) is 8.29. The third kappa shape index (κ3) is 3.04. The molecule has 0 saturated heterocycles. The molecule has 1 heterocycles. The van der Waals surface area contributed by atoms with E-state index in [1.807, 2.05) is 0 Å². The summed E-state index contributed by atoms with van der Waals surface area (Å²) in [5.74, 6) is 0.545. The second-order valence-corrected chi connectivity index (χ2v) is 4.33. The van der Waals surface area contributed by atoms with Gasteiger partial charge in [-0.2, -0.15) is 0 Å². The van der Waals surface area contributed by atoms with Gasteiger partial charge in [0.15, 0.2) is 0 Å². The maximum Gasteiger partial charge on any atom is 0.120 e. The highest BCUT2D eigenvalue weighted by Gasteiger charge is 2.09. The lowest BCUT2D eigenvalue weighted by Gasteiger charge is -1.99. The van der Waals surface area contributed by atoms with Crippen molar-refractivity contribution in [3.8, 4) is 0 Å². The first kappa shape index (κ1) is 10.6. The van der Waals surface area contributed by atoms with Gasteiger partial charge in [-0.1, -0.05) is 13.8 Å². The van der Waals surface area contributed by atoms with Crippen LogP contribution in [-0.2, 0) is 6.42 Å². The van der Waals surface area contributed by atoms with Crippen LogP contribution in [0.25, 0.3) is 0 Å². The van der Waals surface area contributed by atoms with Crippen molar-refractivity contribution in [2.75, 3.05) is 6.54 Å². The third-order valence-electron chi connectivity index (χ3n) is 2.11. The normalized spacial score (nSPS) is 13.2. The summed E-state index contributed by atoms with van der Waals surface area (Å²) < 4.78 is 0. The van der Waals surface area contributed by atoms with Crippen LogP contribution in [0.4, 0.5) is 0 Å². The minimum absolute atomic E-state index is 0.545. The Morgan fingerprint density at radius 3 is 2.85 bits per heavy atom. The standard InChI is InChI=1S/C9H17N3S/c1-3-7(2)9-12-11-8(13-9)5-4-6-10/h7H,3-6,10H2,1-2H3. The van der Waals surface area contributed by atoms with E-state index in [9.17, 15) is 0 Å². The molecule has 74 valence electrons. The van der Waals surface area contributed by atoms with E-state index >= 15 is 0 Å². The van der Waals surface area contributed by atoms with Crippen molar-refractivity contribution >= 4 is 11.3 Å². The minimum Gasteiger partial charge on any atom is -0.330 e. The first-order chi connectivity index (χ1) is 6.27. The minimum atomic E-state index is 0.545. The van der Waals surface area contributed by atoms with Gasteiger partial charge in [-0.15, -0.1) is 21.5 Å². The van der Waals surface area contributed by atoms with Gasteiger partial charge in [0.25, 0.3) is 0 Å². The molecule has 4 heteroatoms. The van der Waals surface area contributed by atoms with E-state index in [-0.39, 0.29) is 0 Å². The average molecular weight is 199 g/mol. The SMILES string of the molecule is CCC(C)c1nnc(CCCN)s1. The summed E-state index contributed by atoms with van der Waals surface area (Å²) in [6, 6.07) is 0. The lowest BCUT2D eigenvalue weighted by Crippen LogP contribution is -1.99. The monoisotopic (exact) mass is 199 g/mol. The Kier molecular flexibility index (Phi) is 4.32. The molecule has 0 spiro atoms. The Balaban J connectivity index is 2.53. The molecule has 1 rings (SSSR count). The molecular formula is C9H17N3S. The molecule has 0 aliphatic rings. The van der Waals surface area contributed by atoms with Crippen LogP contribution < -0.4 is 5.73 Å². The second kappa shape index (κ2) is 5.29. The molecule has 0 fully saturated rings. The van der Waals surface area contributed by atoms with Crippen molar-refractivity contribution in [2.45, 2.75) is 39.0 Å². The molecule has 1 aromatic rings. The summed E-state index contributed by atoms with van der Waals surface area (Å²) in [5.41, 5.74) is 5.43. The molecule has 0 saturated carbocycles. The Labute approximate surface area is 83.4 Å². The number of rotatable bonds is 5. The maximum atomic E-state index is 5.43. The fourth-order valence-electron chi connectivity index (χ4n) is 0.995. The van der Waals surface area contributed by atoms with E-state index in [0.29, 0.717) is 5.92 Å². The van der Waals surface area contributed by atoms with Crippen molar-refractivity contribution < 1.29 is 0 Å². The molecule has 0 bridgehead atoms. The van der Waals surface area contributed by atoms with Gasteiger partial charge in [0.05, 0.1) is 0 Å². The fourth-order valence-corrected chi connectivity index (χ4v) is 2.01. The molecule has 1 unspecified atom stereocenters. The number of aromatic nitrogens is 2. The first-order valence-electron chi connectivity index (χ1n) is 4.80. The van der Waals surface area contributed by atoms with Crippen LogP contribution in [0.2, 0.25) is 0 Å². The van der Waals surface area contributed by atoms with Crippen molar-refractivity contribution in [2.24, 2.45) is 5.73 Å². The molecule has 1 aromatic heterocycles. The molecule has 1 atom stereocenters. The number of aryl methyl sites for hydroxylation is 1. The average Bonchev–Trinajstić information content (AvgIpc) is 2.62. The third-order valence-corrected chi connectivity index (χ3v) is 3.33. The smallest absolute Gasteiger partial charge is 0.120 e. The van der Waals surface area contributed by atoms with Gasteiger partial charge in [-0.25, -0.2) is 0 Å². The Hall–Kier alpha value is -0.480. The maximum absolute atomic E-state index is 5.43. The molecule has 13 heavy (non-hydrogen) atoms. The fraction of sp³-hybridized carbons (Fsp3) is 0.778. The predicted molar refractivity (Wildman–Crippen MR) is 56.0 cm³/mol. The summed E-state index contributed by atoms with van der Waals surface area (Å²) in [6.45, 7) is 5.09. The van der Waals surface area contributed by atoms with Crippen molar-refractivity contribution in [3.63, 3.8) is 0 Å². The van der Waals surface area contributed by atoms with Crippen LogP contribution >= 0.6 is 11.3 Å². The molecule has 2 N–H and O–H groups in total. The van der Waals surface area contributed by atoms with Gasteiger partial charge < -0.3 is 5.73 Å². The Morgan fingerprint density at radius 1 is 1.46 bits per heavy atom. The molecule has 0 aromatic carbocycles. The van der Waals surface area contributed by atoms with Crippen LogP contribution in [0.5, 0.6) is 0 Å². The highest BCUT2D eigenvalue weighted by Crippen LogP contribution is 2.22. The van der Waals surface area contributed by atoms with Crippen LogP contribution in [0.3, 0.4) is 0 Å². The number of hydrogen-bond donors (Lipinski definition) is 1. The lowest BCUT2D eigenvalue weighted by molar-refractivity contribution is 0.711. The molecular weight excluding hydrogens is 182 g/mol. The predicted octanol–water partition coefficient (Wildman–Crippen LogP) is 1.94. The van der Waals surface area contributed by atoms with Crippen LogP contribution in [0, 0.1) is 0 Å². The summed E-state index contributed by atoms with van der Waals surface area (Å²) in [5, 5.41) is 10.6. The van der Waals surface area contributed by atoms with Crippen LogP contribution in [-0.4, -0.2) is 16.7 Å². The summed E-state index contributed by atoms with van der Waals surface area (Å²) >= 11 is 1.73. The summed E-state index contributed by atoms with van der Waals surface area (Å²) in [4.78, 5) is 0. The van der Waals surface area contributed by atoms with Crippen molar-refractivity contribution in [1.82, 2.24) is 10.2 Å². The number of nitrogens with two attached hydrogens (primary N) is 1. The number of nitrogens with zero attached hydrogens (tertiary/aromatic N) is 2. The quantitative estimate of drug-likeness (QED) is 0.788. The Bertz CT molecular complexity index is 247. The van der Waals surface area contributed by atoms with E-state index in [1.54, 1.807) is 11.3 Å².